The largest absolute Gasteiger partial charge is 0.456 e. The molecule has 5 nitrogen and oxygen atoms in total. The lowest BCUT2D eigenvalue weighted by Crippen LogP contribution is -2.09. The molecule has 6 aromatic carbocycles. The van der Waals surface area contributed by atoms with Crippen molar-refractivity contribution in [2.45, 2.75) is 0 Å². The van der Waals surface area contributed by atoms with E-state index in [4.69, 9.17) is 19.4 Å². The summed E-state index contributed by atoms with van der Waals surface area (Å²) in [5.41, 5.74) is 7.59. The highest BCUT2D eigenvalue weighted by Crippen LogP contribution is 2.39. The highest BCUT2D eigenvalue weighted by Gasteiger charge is 2.17. The molecule has 0 amide bonds. The number of nitrogens with zero attached hydrogens (tertiary/aromatic N) is 4. The van der Waals surface area contributed by atoms with Crippen molar-refractivity contribution in [3.8, 4) is 34.2 Å². The van der Waals surface area contributed by atoms with Crippen molar-refractivity contribution in [3.63, 3.8) is 0 Å². The fourth-order valence-electron chi connectivity index (χ4n) is 5.58. The molecule has 0 radical (unpaired) electrons. The van der Waals surface area contributed by atoms with E-state index in [1.807, 2.05) is 84.9 Å². The van der Waals surface area contributed by atoms with Crippen molar-refractivity contribution in [1.82, 2.24) is 15.0 Å². The predicted octanol–water partition coefficient (Wildman–Crippen LogP) is 10.2. The fourth-order valence-corrected chi connectivity index (χ4v) is 5.58. The summed E-state index contributed by atoms with van der Waals surface area (Å²) in [5.74, 6) is 1.89. The first-order valence-corrected chi connectivity index (χ1v) is 14.5. The summed E-state index contributed by atoms with van der Waals surface area (Å²) in [4.78, 5) is 16.9. The van der Waals surface area contributed by atoms with E-state index in [1.165, 1.54) is 0 Å². The van der Waals surface area contributed by atoms with Gasteiger partial charge in [0.05, 0.1) is 0 Å². The second-order valence-corrected chi connectivity index (χ2v) is 10.5. The first-order chi connectivity index (χ1) is 21.8. The molecule has 0 unspecified atom stereocenters. The summed E-state index contributed by atoms with van der Waals surface area (Å²) >= 11 is 0. The van der Waals surface area contributed by atoms with Crippen molar-refractivity contribution < 1.29 is 4.42 Å². The molecule has 0 saturated heterocycles. The average molecular weight is 567 g/mol. The van der Waals surface area contributed by atoms with Crippen LogP contribution in [-0.2, 0) is 0 Å². The van der Waals surface area contributed by atoms with Crippen molar-refractivity contribution in [1.29, 1.82) is 0 Å². The predicted molar refractivity (Wildman–Crippen MR) is 178 cm³/mol. The van der Waals surface area contributed by atoms with E-state index in [0.717, 1.165) is 55.7 Å². The monoisotopic (exact) mass is 566 g/mol. The van der Waals surface area contributed by atoms with E-state index in [2.05, 4.69) is 77.7 Å². The van der Waals surface area contributed by atoms with Gasteiger partial charge in [0.2, 0.25) is 0 Å². The Labute approximate surface area is 254 Å². The molecule has 2 aromatic heterocycles. The number of anilines is 3. The van der Waals surface area contributed by atoms with Gasteiger partial charge in [-0.1, -0.05) is 97.1 Å². The second-order valence-electron chi connectivity index (χ2n) is 10.5. The summed E-state index contributed by atoms with van der Waals surface area (Å²) in [7, 11) is 0. The SMILES string of the molecule is c1ccc(-c2nc(-c3ccccc3)nc(-c3ccc4oc5cc(N(c6ccccc6)c6ccccc6)ccc5c4c3)n2)cc1. The van der Waals surface area contributed by atoms with Crippen LogP contribution in [0.5, 0.6) is 0 Å². The maximum absolute atomic E-state index is 6.41. The quantitative estimate of drug-likeness (QED) is 0.200. The van der Waals surface area contributed by atoms with Crippen LogP contribution in [0.1, 0.15) is 0 Å². The second kappa shape index (κ2) is 11.0. The lowest BCUT2D eigenvalue weighted by Gasteiger charge is -2.25. The molecule has 0 aliphatic carbocycles. The molecule has 5 heteroatoms. The van der Waals surface area contributed by atoms with E-state index in [9.17, 15) is 0 Å². The number of furan rings is 1. The van der Waals surface area contributed by atoms with Crippen molar-refractivity contribution in [3.05, 3.63) is 158 Å². The van der Waals surface area contributed by atoms with Gasteiger partial charge in [0.1, 0.15) is 11.2 Å². The topological polar surface area (TPSA) is 55.1 Å². The molecular formula is C39H26N4O. The van der Waals surface area contributed by atoms with Gasteiger partial charge >= 0.3 is 0 Å². The minimum absolute atomic E-state index is 0.616. The van der Waals surface area contributed by atoms with Crippen LogP contribution < -0.4 is 4.90 Å². The van der Waals surface area contributed by atoms with E-state index in [-0.39, 0.29) is 0 Å². The van der Waals surface area contributed by atoms with Gasteiger partial charge in [-0.15, -0.1) is 0 Å². The van der Waals surface area contributed by atoms with Crippen LogP contribution in [0.2, 0.25) is 0 Å². The summed E-state index contributed by atoms with van der Waals surface area (Å²) in [5, 5.41) is 2.05. The van der Waals surface area contributed by atoms with Crippen LogP contribution in [0.3, 0.4) is 0 Å². The third-order valence-corrected chi connectivity index (χ3v) is 7.70. The van der Waals surface area contributed by atoms with Crippen molar-refractivity contribution >= 4 is 39.0 Å². The molecular weight excluding hydrogens is 540 g/mol. The van der Waals surface area contributed by atoms with E-state index in [0.29, 0.717) is 17.5 Å². The molecule has 0 saturated carbocycles. The molecule has 8 aromatic rings. The number of fused-ring (bicyclic) bond motifs is 3. The number of benzene rings is 6. The number of aromatic nitrogens is 3. The molecule has 0 bridgehead atoms. The van der Waals surface area contributed by atoms with Gasteiger partial charge in [-0.25, -0.2) is 15.0 Å². The highest BCUT2D eigenvalue weighted by molar-refractivity contribution is 6.07. The van der Waals surface area contributed by atoms with E-state index >= 15 is 0 Å². The zero-order valence-corrected chi connectivity index (χ0v) is 23.7. The molecule has 2 heterocycles. The number of rotatable bonds is 6. The number of para-hydroxylation sites is 2. The molecule has 208 valence electrons. The van der Waals surface area contributed by atoms with Gasteiger partial charge in [0, 0.05) is 50.6 Å². The Hall–Kier alpha value is -6.07. The highest BCUT2D eigenvalue weighted by atomic mass is 16.3. The van der Waals surface area contributed by atoms with Crippen LogP contribution in [0.15, 0.2) is 162 Å². The first-order valence-electron chi connectivity index (χ1n) is 14.5. The number of hydrogen-bond acceptors (Lipinski definition) is 5. The third kappa shape index (κ3) is 4.76. The van der Waals surface area contributed by atoms with E-state index < -0.39 is 0 Å². The summed E-state index contributed by atoms with van der Waals surface area (Å²) in [6.45, 7) is 0. The standard InChI is InChI=1S/C39H26N4O/c1-5-13-27(14-6-1)37-40-38(28-15-7-2-8-16-28)42-39(41-37)29-21-24-35-34(25-29)33-23-22-32(26-36(33)44-35)43(30-17-9-3-10-18-30)31-19-11-4-12-20-31/h1-26H. The third-order valence-electron chi connectivity index (χ3n) is 7.70. The van der Waals surface area contributed by atoms with Crippen LogP contribution in [0.4, 0.5) is 17.1 Å². The molecule has 8 rings (SSSR count). The average Bonchev–Trinajstić information content (AvgIpc) is 3.47. The fraction of sp³-hybridized carbons (Fsp3) is 0. The molecule has 0 N–H and O–H groups in total. The number of hydrogen-bond donors (Lipinski definition) is 0. The smallest absolute Gasteiger partial charge is 0.164 e. The summed E-state index contributed by atoms with van der Waals surface area (Å²) in [6.07, 6.45) is 0. The van der Waals surface area contributed by atoms with Crippen LogP contribution in [0, 0.1) is 0 Å². The Bertz CT molecular complexity index is 2120. The lowest BCUT2D eigenvalue weighted by atomic mass is 10.1. The zero-order valence-electron chi connectivity index (χ0n) is 23.7. The van der Waals surface area contributed by atoms with Crippen LogP contribution in [-0.4, -0.2) is 15.0 Å². The Kier molecular flexibility index (Phi) is 6.39. The van der Waals surface area contributed by atoms with Crippen molar-refractivity contribution in [2.24, 2.45) is 0 Å². The first kappa shape index (κ1) is 25.6. The van der Waals surface area contributed by atoms with Gasteiger partial charge in [0.25, 0.3) is 0 Å². The minimum Gasteiger partial charge on any atom is -0.456 e. The maximum Gasteiger partial charge on any atom is 0.164 e. The van der Waals surface area contributed by atoms with Crippen molar-refractivity contribution in [2.75, 3.05) is 4.90 Å². The van der Waals surface area contributed by atoms with Crippen LogP contribution >= 0.6 is 0 Å². The molecule has 0 atom stereocenters. The Morgan fingerprint density at radius 1 is 0.364 bits per heavy atom. The minimum atomic E-state index is 0.616. The molecule has 0 spiro atoms. The lowest BCUT2D eigenvalue weighted by molar-refractivity contribution is 0.669. The van der Waals surface area contributed by atoms with Crippen LogP contribution in [0.25, 0.3) is 56.1 Å². The van der Waals surface area contributed by atoms with Gasteiger partial charge in [-0.3, -0.25) is 0 Å². The molecule has 0 fully saturated rings. The van der Waals surface area contributed by atoms with Gasteiger partial charge in [-0.2, -0.15) is 0 Å². The molecule has 0 aliphatic rings. The molecule has 44 heavy (non-hydrogen) atoms. The Morgan fingerprint density at radius 3 is 1.41 bits per heavy atom. The molecule has 0 aliphatic heterocycles. The van der Waals surface area contributed by atoms with Gasteiger partial charge in [-0.05, 0) is 54.6 Å². The Morgan fingerprint density at radius 2 is 0.864 bits per heavy atom. The maximum atomic E-state index is 6.41. The Balaban J connectivity index is 1.25. The summed E-state index contributed by atoms with van der Waals surface area (Å²) < 4.78 is 6.41. The van der Waals surface area contributed by atoms with Gasteiger partial charge < -0.3 is 9.32 Å². The van der Waals surface area contributed by atoms with E-state index in [1.54, 1.807) is 0 Å². The normalized spacial score (nSPS) is 11.2. The van der Waals surface area contributed by atoms with Gasteiger partial charge in [0.15, 0.2) is 17.5 Å². The zero-order chi connectivity index (χ0) is 29.3. The summed E-state index contributed by atoms with van der Waals surface area (Å²) in [6, 6.07) is 53.3.